The molecular formula is C36H29F3N4O2. The maximum Gasteiger partial charge on any atom is 0.416 e. The van der Waals surface area contributed by atoms with Crippen molar-refractivity contribution in [3.05, 3.63) is 147 Å². The molecule has 6 rings (SSSR count). The summed E-state index contributed by atoms with van der Waals surface area (Å²) in [6.45, 7) is 6.41. The van der Waals surface area contributed by atoms with Crippen molar-refractivity contribution in [2.45, 2.75) is 33.6 Å². The average Bonchev–Trinajstić information content (AvgIpc) is 3.31. The third kappa shape index (κ3) is 6.15. The molecule has 2 heterocycles. The van der Waals surface area contributed by atoms with Crippen LogP contribution in [0.4, 0.5) is 13.2 Å². The summed E-state index contributed by atoms with van der Waals surface area (Å²) in [6.07, 6.45) is -3.02. The van der Waals surface area contributed by atoms with Gasteiger partial charge in [-0.3, -0.25) is 4.79 Å². The minimum Gasteiger partial charge on any atom is -0.489 e. The van der Waals surface area contributed by atoms with Gasteiger partial charge < -0.3 is 9.30 Å². The summed E-state index contributed by atoms with van der Waals surface area (Å²) in [7, 11) is 0. The van der Waals surface area contributed by atoms with Crippen LogP contribution in [-0.4, -0.2) is 20.4 Å². The summed E-state index contributed by atoms with van der Waals surface area (Å²) in [5, 5.41) is 4.78. The number of ether oxygens (including phenoxy) is 1. The van der Waals surface area contributed by atoms with Crippen LogP contribution in [0.2, 0.25) is 0 Å². The van der Waals surface area contributed by atoms with Gasteiger partial charge >= 0.3 is 6.18 Å². The van der Waals surface area contributed by atoms with Crippen molar-refractivity contribution in [2.24, 2.45) is 5.10 Å². The molecule has 6 aromatic rings. The van der Waals surface area contributed by atoms with Crippen molar-refractivity contribution in [3.63, 3.8) is 0 Å². The smallest absolute Gasteiger partial charge is 0.416 e. The second-order valence-electron chi connectivity index (χ2n) is 10.8. The Kier molecular flexibility index (Phi) is 7.85. The van der Waals surface area contributed by atoms with E-state index in [4.69, 9.17) is 4.74 Å². The van der Waals surface area contributed by atoms with Gasteiger partial charge in [0.25, 0.3) is 5.56 Å². The Labute approximate surface area is 257 Å². The first kappa shape index (κ1) is 29.6. The highest BCUT2D eigenvalue weighted by Crippen LogP contribution is 2.32. The number of benzene rings is 4. The van der Waals surface area contributed by atoms with Crippen LogP contribution in [0.15, 0.2) is 113 Å². The van der Waals surface area contributed by atoms with Crippen molar-refractivity contribution in [1.82, 2.24) is 14.2 Å². The summed E-state index contributed by atoms with van der Waals surface area (Å²) in [5.74, 6) is 0.755. The topological polar surface area (TPSA) is 61.4 Å². The molecule has 0 unspecified atom stereocenters. The predicted molar refractivity (Wildman–Crippen MR) is 170 cm³/mol. The summed E-state index contributed by atoms with van der Waals surface area (Å²) in [4.78, 5) is 18.1. The highest BCUT2D eigenvalue weighted by molar-refractivity contribution is 5.83. The highest BCUT2D eigenvalue weighted by Gasteiger charge is 2.31. The van der Waals surface area contributed by atoms with Gasteiger partial charge in [0.1, 0.15) is 12.4 Å². The van der Waals surface area contributed by atoms with Gasteiger partial charge in [0.05, 0.1) is 22.7 Å². The summed E-state index contributed by atoms with van der Waals surface area (Å²) in [6, 6.07) is 29.3. The Balaban J connectivity index is 1.33. The second kappa shape index (κ2) is 11.9. The second-order valence-corrected chi connectivity index (χ2v) is 10.8. The quantitative estimate of drug-likeness (QED) is 0.172. The number of fused-ring (bicyclic) bond motifs is 1. The molecule has 4 aromatic carbocycles. The Morgan fingerprint density at radius 3 is 2.38 bits per heavy atom. The molecule has 0 radical (unpaired) electrons. The first-order chi connectivity index (χ1) is 21.6. The molecular weight excluding hydrogens is 577 g/mol. The van der Waals surface area contributed by atoms with E-state index in [0.717, 1.165) is 50.8 Å². The van der Waals surface area contributed by atoms with Crippen LogP contribution in [-0.2, 0) is 12.8 Å². The fourth-order valence-corrected chi connectivity index (χ4v) is 5.35. The lowest BCUT2D eigenvalue weighted by molar-refractivity contribution is -0.137. The fourth-order valence-electron chi connectivity index (χ4n) is 5.35. The lowest BCUT2D eigenvalue weighted by Gasteiger charge is -2.12. The van der Waals surface area contributed by atoms with Gasteiger partial charge in [0.15, 0.2) is 5.82 Å². The van der Waals surface area contributed by atoms with Crippen LogP contribution in [0.5, 0.6) is 5.75 Å². The minimum atomic E-state index is -4.55. The Hall–Kier alpha value is -5.44. The van der Waals surface area contributed by atoms with Crippen molar-refractivity contribution < 1.29 is 17.9 Å². The fraction of sp³-hybridized carbons (Fsp3) is 0.139. The number of aromatic nitrogens is 3. The third-order valence-electron chi connectivity index (χ3n) is 7.57. The molecule has 9 heteroatoms. The number of alkyl halides is 3. The monoisotopic (exact) mass is 606 g/mol. The van der Waals surface area contributed by atoms with E-state index in [2.05, 4.69) is 20.7 Å². The van der Waals surface area contributed by atoms with Gasteiger partial charge in [-0.15, -0.1) is 0 Å². The molecule has 0 bridgehead atoms. The van der Waals surface area contributed by atoms with E-state index in [0.29, 0.717) is 17.5 Å². The van der Waals surface area contributed by atoms with Crippen LogP contribution >= 0.6 is 0 Å². The van der Waals surface area contributed by atoms with E-state index < -0.39 is 17.3 Å². The zero-order valence-corrected chi connectivity index (χ0v) is 24.8. The number of nitrogens with zero attached hydrogens (tertiary/aromatic N) is 4. The van der Waals surface area contributed by atoms with Crippen LogP contribution in [0.1, 0.15) is 33.6 Å². The number of halogens is 3. The molecule has 0 amide bonds. The molecule has 2 aromatic heterocycles. The number of rotatable bonds is 7. The van der Waals surface area contributed by atoms with Gasteiger partial charge in [-0.05, 0) is 80.9 Å². The Morgan fingerprint density at radius 2 is 1.62 bits per heavy atom. The van der Waals surface area contributed by atoms with Gasteiger partial charge in [-0.1, -0.05) is 54.1 Å². The molecule has 0 fully saturated rings. The van der Waals surface area contributed by atoms with Crippen molar-refractivity contribution >= 4 is 17.1 Å². The first-order valence-corrected chi connectivity index (χ1v) is 14.3. The largest absolute Gasteiger partial charge is 0.489 e. The molecule has 0 spiro atoms. The van der Waals surface area contributed by atoms with Gasteiger partial charge in [0, 0.05) is 28.2 Å². The number of para-hydroxylation sites is 1. The SMILES string of the molecule is Cc1cccc(COc2ccc(-n3c(C)cc(C=Nn4c(-c5cccc(C(F)(F)F)c5)nc5ccccc5c4=O)c3C)cc2)c1. The number of aryl methyl sites for hydroxylation is 2. The zero-order valence-electron chi connectivity index (χ0n) is 24.8. The molecule has 0 aliphatic rings. The van der Waals surface area contributed by atoms with Gasteiger partial charge in [-0.2, -0.15) is 22.9 Å². The molecule has 0 aliphatic heterocycles. The lowest BCUT2D eigenvalue weighted by atomic mass is 10.1. The normalized spacial score (nSPS) is 11.9. The standard InChI is InChI=1S/C36H29F3N4O2/c1-23-8-6-9-26(18-23)22-45-31-16-14-30(15-17-31)42-24(2)19-28(25(42)3)21-40-43-34(27-10-7-11-29(20-27)36(37,38)39)41-33-13-5-4-12-32(33)35(43)44/h4-21H,22H2,1-3H3. The lowest BCUT2D eigenvalue weighted by Crippen LogP contribution is -2.20. The van der Waals surface area contributed by atoms with Crippen LogP contribution < -0.4 is 10.3 Å². The summed E-state index contributed by atoms with van der Waals surface area (Å²) in [5.41, 5.74) is 4.90. The summed E-state index contributed by atoms with van der Waals surface area (Å²) >= 11 is 0. The Bertz CT molecular complexity index is 2110. The molecule has 0 saturated carbocycles. The van der Waals surface area contributed by atoms with E-state index in [1.165, 1.54) is 23.9 Å². The summed E-state index contributed by atoms with van der Waals surface area (Å²) < 4.78 is 49.7. The maximum absolute atomic E-state index is 13.6. The average molecular weight is 607 g/mol. The van der Waals surface area contributed by atoms with Crippen LogP contribution in [0.25, 0.3) is 28.0 Å². The van der Waals surface area contributed by atoms with Gasteiger partial charge in [0.2, 0.25) is 0 Å². The minimum absolute atomic E-state index is 0.0103. The van der Waals surface area contributed by atoms with E-state index >= 15 is 0 Å². The molecule has 0 atom stereocenters. The van der Waals surface area contributed by atoms with Crippen LogP contribution in [0.3, 0.4) is 0 Å². The van der Waals surface area contributed by atoms with Gasteiger partial charge in [-0.25, -0.2) is 4.98 Å². The first-order valence-electron chi connectivity index (χ1n) is 14.3. The van der Waals surface area contributed by atoms with Crippen molar-refractivity contribution in [3.8, 4) is 22.8 Å². The number of hydrogen-bond donors (Lipinski definition) is 0. The molecule has 0 aliphatic carbocycles. The molecule has 0 saturated heterocycles. The van der Waals surface area contributed by atoms with E-state index in [1.807, 2.05) is 69.3 Å². The third-order valence-corrected chi connectivity index (χ3v) is 7.57. The maximum atomic E-state index is 13.6. The number of hydrogen-bond acceptors (Lipinski definition) is 4. The molecule has 226 valence electrons. The molecule has 6 nitrogen and oxygen atoms in total. The highest BCUT2D eigenvalue weighted by atomic mass is 19.4. The Morgan fingerprint density at radius 1 is 0.867 bits per heavy atom. The van der Waals surface area contributed by atoms with Crippen LogP contribution in [0, 0.1) is 20.8 Å². The molecule has 45 heavy (non-hydrogen) atoms. The van der Waals surface area contributed by atoms with E-state index in [1.54, 1.807) is 24.3 Å². The van der Waals surface area contributed by atoms with E-state index in [-0.39, 0.29) is 11.4 Å². The van der Waals surface area contributed by atoms with E-state index in [9.17, 15) is 18.0 Å². The predicted octanol–water partition coefficient (Wildman–Crippen LogP) is 8.26. The van der Waals surface area contributed by atoms with Crippen molar-refractivity contribution in [1.29, 1.82) is 0 Å². The van der Waals surface area contributed by atoms with Crippen molar-refractivity contribution in [2.75, 3.05) is 0 Å². The zero-order chi connectivity index (χ0) is 31.7. The molecule has 0 N–H and O–H groups in total.